The van der Waals surface area contributed by atoms with Crippen LogP contribution in [0.25, 0.3) is 12.2 Å². The van der Waals surface area contributed by atoms with Crippen LogP contribution in [0.1, 0.15) is 61.8 Å². The number of methoxy groups -OCH3 is 1. The van der Waals surface area contributed by atoms with E-state index in [0.29, 0.717) is 24.8 Å². The molecule has 2 aromatic carbocycles. The van der Waals surface area contributed by atoms with E-state index in [0.717, 1.165) is 30.1 Å². The number of β-amino-alcohol motifs (C(OH)–C–C–N with tert-alkyl or cyclic N) is 1. The molecule has 2 fully saturated rings. The normalized spacial score (nSPS) is 22.4. The topological polar surface area (TPSA) is 68.0 Å². The summed E-state index contributed by atoms with van der Waals surface area (Å²) in [6, 6.07) is 18.7. The second-order valence-corrected chi connectivity index (χ2v) is 11.9. The van der Waals surface area contributed by atoms with E-state index in [1.54, 1.807) is 7.11 Å². The van der Waals surface area contributed by atoms with Crippen molar-refractivity contribution in [3.8, 4) is 5.75 Å². The molecule has 3 aromatic rings. The number of hydrogen-bond acceptors (Lipinski definition) is 6. The molecule has 1 aromatic heterocycles. The third kappa shape index (κ3) is 5.58. The highest BCUT2D eigenvalue weighted by molar-refractivity contribution is 5.71. The lowest BCUT2D eigenvalue weighted by Crippen LogP contribution is -2.45. The van der Waals surface area contributed by atoms with Crippen molar-refractivity contribution in [3.05, 3.63) is 82.7 Å². The van der Waals surface area contributed by atoms with Crippen molar-refractivity contribution in [2.24, 2.45) is 5.92 Å². The zero-order valence-corrected chi connectivity index (χ0v) is 23.0. The maximum absolute atomic E-state index is 10.9. The Bertz CT molecular complexity index is 1260. The quantitative estimate of drug-likeness (QED) is 0.373. The van der Waals surface area contributed by atoms with Crippen molar-refractivity contribution in [2.45, 2.75) is 57.2 Å². The van der Waals surface area contributed by atoms with Gasteiger partial charge in [0, 0.05) is 43.8 Å². The fourth-order valence-electron chi connectivity index (χ4n) is 6.18. The van der Waals surface area contributed by atoms with E-state index in [4.69, 9.17) is 14.0 Å². The van der Waals surface area contributed by atoms with Crippen molar-refractivity contribution < 1.29 is 19.1 Å². The molecule has 3 atom stereocenters. The average molecular weight is 517 g/mol. The summed E-state index contributed by atoms with van der Waals surface area (Å²) in [5, 5.41) is 15.0. The van der Waals surface area contributed by atoms with E-state index < -0.39 is 6.10 Å². The van der Waals surface area contributed by atoms with Crippen LogP contribution < -0.4 is 4.74 Å². The Hall–Kier alpha value is -2.93. The molecule has 0 spiro atoms. The number of para-hydroxylation sites is 1. The lowest BCUT2D eigenvalue weighted by Gasteiger charge is -2.47. The van der Waals surface area contributed by atoms with Gasteiger partial charge in [-0.05, 0) is 53.5 Å². The van der Waals surface area contributed by atoms with Gasteiger partial charge in [0.25, 0.3) is 0 Å². The van der Waals surface area contributed by atoms with Crippen LogP contribution in [0.15, 0.2) is 59.1 Å². The lowest BCUT2D eigenvalue weighted by atomic mass is 9.56. The minimum Gasteiger partial charge on any atom is -0.490 e. The first-order valence-electron chi connectivity index (χ1n) is 13.6. The molecule has 1 N–H and O–H groups in total. The van der Waals surface area contributed by atoms with E-state index in [2.05, 4.69) is 55.1 Å². The number of benzene rings is 2. The average Bonchev–Trinajstić information content (AvgIpc) is 3.43. The fourth-order valence-corrected chi connectivity index (χ4v) is 6.18. The van der Waals surface area contributed by atoms with Crippen LogP contribution in [0, 0.1) is 5.92 Å². The van der Waals surface area contributed by atoms with Crippen LogP contribution in [0.4, 0.5) is 0 Å². The summed E-state index contributed by atoms with van der Waals surface area (Å²) in [6.07, 6.45) is 5.76. The Labute approximate surface area is 226 Å². The number of hydrogen-bond donors (Lipinski definition) is 1. The predicted molar refractivity (Wildman–Crippen MR) is 150 cm³/mol. The minimum absolute atomic E-state index is 0.119. The van der Waals surface area contributed by atoms with Crippen LogP contribution >= 0.6 is 0 Å². The molecule has 1 aliphatic heterocycles. The third-order valence-corrected chi connectivity index (χ3v) is 8.09. The maximum Gasteiger partial charge on any atom is 0.162 e. The lowest BCUT2D eigenvalue weighted by molar-refractivity contribution is 0.0741. The van der Waals surface area contributed by atoms with Crippen molar-refractivity contribution >= 4 is 12.2 Å². The molecular formula is C32H40N2O4. The van der Waals surface area contributed by atoms with Gasteiger partial charge in [-0.15, -0.1) is 0 Å². The molecule has 5 rings (SSSR count). The Morgan fingerprint density at radius 3 is 2.71 bits per heavy atom. The summed E-state index contributed by atoms with van der Waals surface area (Å²) < 4.78 is 16.4. The number of rotatable bonds is 10. The number of nitrogens with zero attached hydrogens (tertiary/aromatic N) is 2. The number of fused-ring (bicyclic) bond motifs is 1. The summed E-state index contributed by atoms with van der Waals surface area (Å²) in [4.78, 5) is 2.44. The SMILES string of the molecule is COCc1cc(/C=C/c2ccccc2OCC(O)CN2CC3CCC3(c3ccccc3C(C)(C)C)C2)no1. The first-order valence-corrected chi connectivity index (χ1v) is 13.6. The molecule has 3 unspecified atom stereocenters. The third-order valence-electron chi connectivity index (χ3n) is 8.09. The van der Waals surface area contributed by atoms with Crippen molar-refractivity contribution in [2.75, 3.05) is 33.4 Å². The number of aliphatic hydroxyl groups excluding tert-OH is 1. The molecule has 0 bridgehead atoms. The molecule has 1 saturated heterocycles. The van der Waals surface area contributed by atoms with Crippen LogP contribution in [-0.4, -0.2) is 54.6 Å². The Morgan fingerprint density at radius 2 is 1.95 bits per heavy atom. The molecule has 6 nitrogen and oxygen atoms in total. The predicted octanol–water partition coefficient (Wildman–Crippen LogP) is 5.69. The highest BCUT2D eigenvalue weighted by Crippen LogP contribution is 2.55. The van der Waals surface area contributed by atoms with E-state index in [1.165, 1.54) is 24.0 Å². The smallest absolute Gasteiger partial charge is 0.162 e. The van der Waals surface area contributed by atoms with Crippen molar-refractivity contribution in [1.82, 2.24) is 10.1 Å². The van der Waals surface area contributed by atoms with Gasteiger partial charge in [0.1, 0.15) is 30.8 Å². The molecule has 0 radical (unpaired) electrons. The fraction of sp³-hybridized carbons (Fsp3) is 0.469. The molecule has 6 heteroatoms. The van der Waals surface area contributed by atoms with Gasteiger partial charge in [0.2, 0.25) is 0 Å². The number of aliphatic hydroxyl groups is 1. The summed E-state index contributed by atoms with van der Waals surface area (Å²) in [5.41, 5.74) is 4.95. The largest absolute Gasteiger partial charge is 0.490 e. The first kappa shape index (κ1) is 26.7. The summed E-state index contributed by atoms with van der Waals surface area (Å²) in [5.74, 6) is 2.07. The zero-order chi connectivity index (χ0) is 26.8. The summed E-state index contributed by atoms with van der Waals surface area (Å²) >= 11 is 0. The molecule has 1 aliphatic carbocycles. The molecule has 2 heterocycles. The van der Waals surface area contributed by atoms with Gasteiger partial charge in [0.15, 0.2) is 5.76 Å². The molecule has 202 valence electrons. The second-order valence-electron chi connectivity index (χ2n) is 11.9. The monoisotopic (exact) mass is 516 g/mol. The van der Waals surface area contributed by atoms with Crippen LogP contribution in [0.2, 0.25) is 0 Å². The molecule has 1 saturated carbocycles. The number of aromatic nitrogens is 1. The van der Waals surface area contributed by atoms with Crippen molar-refractivity contribution in [3.63, 3.8) is 0 Å². The summed E-state index contributed by atoms with van der Waals surface area (Å²) in [6.45, 7) is 10.2. The highest BCUT2D eigenvalue weighted by Gasteiger charge is 2.54. The van der Waals surface area contributed by atoms with Crippen LogP contribution in [0.3, 0.4) is 0 Å². The standard InChI is InChI=1S/C32H40N2O4/c1-31(2,3)28-10-6-7-11-29(28)32-16-15-24(32)18-34(22-32)19-26(35)20-37-30-12-8-5-9-23(30)13-14-25-17-27(21-36-4)38-33-25/h5-14,17,24,26,35H,15-16,18-22H2,1-4H3/b14-13+. The van der Waals surface area contributed by atoms with Gasteiger partial charge in [0.05, 0.1) is 0 Å². The Kier molecular flexibility index (Phi) is 7.75. The molecular weight excluding hydrogens is 476 g/mol. The van der Waals surface area contributed by atoms with Gasteiger partial charge in [-0.25, -0.2) is 0 Å². The highest BCUT2D eigenvalue weighted by atomic mass is 16.5. The maximum atomic E-state index is 10.9. The second kappa shape index (κ2) is 11.0. The van der Waals surface area contributed by atoms with Gasteiger partial charge in [-0.1, -0.05) is 68.4 Å². The van der Waals surface area contributed by atoms with Gasteiger partial charge in [-0.2, -0.15) is 0 Å². The van der Waals surface area contributed by atoms with Crippen LogP contribution in [-0.2, 0) is 22.2 Å². The molecule has 0 amide bonds. The van der Waals surface area contributed by atoms with Crippen LogP contribution in [0.5, 0.6) is 5.75 Å². The van der Waals surface area contributed by atoms with Gasteiger partial charge in [-0.3, -0.25) is 4.90 Å². The van der Waals surface area contributed by atoms with Gasteiger partial charge < -0.3 is 19.1 Å². The zero-order valence-electron chi connectivity index (χ0n) is 23.0. The number of likely N-dealkylation sites (tertiary alicyclic amines) is 1. The first-order chi connectivity index (χ1) is 18.3. The van der Waals surface area contributed by atoms with Crippen molar-refractivity contribution in [1.29, 1.82) is 0 Å². The number of ether oxygens (including phenoxy) is 2. The van der Waals surface area contributed by atoms with Gasteiger partial charge >= 0.3 is 0 Å². The minimum atomic E-state index is -0.563. The van der Waals surface area contributed by atoms with E-state index in [1.807, 2.05) is 42.5 Å². The Morgan fingerprint density at radius 1 is 1.16 bits per heavy atom. The molecule has 2 aliphatic rings. The van der Waals surface area contributed by atoms with E-state index >= 15 is 0 Å². The van der Waals surface area contributed by atoms with E-state index in [9.17, 15) is 5.11 Å². The Balaban J connectivity index is 1.20. The molecule has 38 heavy (non-hydrogen) atoms. The van der Waals surface area contributed by atoms with E-state index in [-0.39, 0.29) is 17.4 Å². The summed E-state index contributed by atoms with van der Waals surface area (Å²) in [7, 11) is 1.62.